The predicted molar refractivity (Wildman–Crippen MR) is 146 cm³/mol. The minimum absolute atomic E-state index is 0.347. The summed E-state index contributed by atoms with van der Waals surface area (Å²) in [5, 5.41) is 0. The van der Waals surface area contributed by atoms with Gasteiger partial charge in [0.25, 0.3) is 0 Å². The van der Waals surface area contributed by atoms with Crippen molar-refractivity contribution >= 4 is 24.2 Å². The fourth-order valence-corrected chi connectivity index (χ4v) is 4.29. The average molecular weight is 487 g/mol. The van der Waals surface area contributed by atoms with Crippen LogP contribution in [0.4, 0.5) is 0 Å². The number of ether oxygens (including phenoxy) is 1. The van der Waals surface area contributed by atoms with Crippen molar-refractivity contribution < 1.29 is 14.3 Å². The molecule has 0 aliphatic rings. The Labute approximate surface area is 215 Å². The Morgan fingerprint density at radius 2 is 1.03 bits per heavy atom. The van der Waals surface area contributed by atoms with Crippen LogP contribution in [0.25, 0.3) is 22.3 Å². The lowest BCUT2D eigenvalue weighted by Gasteiger charge is -2.13. The van der Waals surface area contributed by atoms with Crippen LogP contribution in [-0.2, 0) is 0 Å². The first-order valence-corrected chi connectivity index (χ1v) is 11.9. The van der Waals surface area contributed by atoms with E-state index in [-0.39, 0.29) is 0 Å². The molecule has 0 spiro atoms. The monoisotopic (exact) mass is 486 g/mol. The highest BCUT2D eigenvalue weighted by Crippen LogP contribution is 2.36. The van der Waals surface area contributed by atoms with E-state index in [0.29, 0.717) is 27.5 Å². The van der Waals surface area contributed by atoms with Crippen molar-refractivity contribution in [3.8, 4) is 33.8 Å². The highest BCUT2D eigenvalue weighted by atomic mass is 32.1. The molecule has 0 bridgehead atoms. The Morgan fingerprint density at radius 1 is 0.500 bits per heavy atom. The van der Waals surface area contributed by atoms with Gasteiger partial charge in [0.15, 0.2) is 0 Å². The molecular formula is C32H22O3S. The first kappa shape index (κ1) is 23.3. The number of rotatable bonds is 7. The summed E-state index contributed by atoms with van der Waals surface area (Å²) in [6.07, 6.45) is 0. The van der Waals surface area contributed by atoms with E-state index >= 15 is 0 Å². The SMILES string of the molecule is O=C(C(=O)c1ccc(-c2cccc(Oc3ccc(-c4ccccc4)cc3)c2S)cc1)c1ccccc1. The number of hydrogen-bond acceptors (Lipinski definition) is 4. The third-order valence-corrected chi connectivity index (χ3v) is 6.35. The second-order valence-electron chi connectivity index (χ2n) is 8.25. The van der Waals surface area contributed by atoms with Gasteiger partial charge in [-0.25, -0.2) is 0 Å². The van der Waals surface area contributed by atoms with Crippen LogP contribution in [0.15, 0.2) is 132 Å². The van der Waals surface area contributed by atoms with Crippen molar-refractivity contribution in [2.75, 3.05) is 0 Å². The summed E-state index contributed by atoms with van der Waals surface area (Å²) in [6, 6.07) is 39.4. The smallest absolute Gasteiger partial charge is 0.233 e. The van der Waals surface area contributed by atoms with Crippen LogP contribution in [0.3, 0.4) is 0 Å². The molecule has 0 aliphatic heterocycles. The fraction of sp³-hybridized carbons (Fsp3) is 0. The van der Waals surface area contributed by atoms with Gasteiger partial charge in [0.2, 0.25) is 11.6 Å². The van der Waals surface area contributed by atoms with Crippen LogP contribution in [0.5, 0.6) is 11.5 Å². The Bertz CT molecular complexity index is 1510. The minimum Gasteiger partial charge on any atom is -0.456 e. The summed E-state index contributed by atoms with van der Waals surface area (Å²) >= 11 is 4.73. The molecular weight excluding hydrogens is 464 g/mol. The van der Waals surface area contributed by atoms with E-state index in [0.717, 1.165) is 22.3 Å². The zero-order valence-corrected chi connectivity index (χ0v) is 20.2. The number of Topliss-reactive ketones (excluding diaryl/α,β-unsaturated/α-hetero) is 2. The van der Waals surface area contributed by atoms with Gasteiger partial charge in [-0.05, 0) is 40.5 Å². The third-order valence-electron chi connectivity index (χ3n) is 5.89. The molecule has 5 aromatic rings. The summed E-state index contributed by atoms with van der Waals surface area (Å²) < 4.78 is 6.13. The summed E-state index contributed by atoms with van der Waals surface area (Å²) in [4.78, 5) is 25.8. The van der Waals surface area contributed by atoms with Gasteiger partial charge in [-0.3, -0.25) is 9.59 Å². The van der Waals surface area contributed by atoms with Gasteiger partial charge in [0.05, 0.1) is 4.90 Å². The van der Waals surface area contributed by atoms with Crippen molar-refractivity contribution in [2.45, 2.75) is 4.90 Å². The number of carbonyl (C=O) groups excluding carboxylic acids is 2. The zero-order chi connectivity index (χ0) is 24.9. The molecule has 0 fully saturated rings. The molecule has 0 amide bonds. The molecule has 0 atom stereocenters. The summed E-state index contributed by atoms with van der Waals surface area (Å²) in [7, 11) is 0. The van der Waals surface area contributed by atoms with Crippen molar-refractivity contribution in [3.05, 3.63) is 139 Å². The highest BCUT2D eigenvalue weighted by Gasteiger charge is 2.18. The normalized spacial score (nSPS) is 10.6. The molecule has 0 unspecified atom stereocenters. The zero-order valence-electron chi connectivity index (χ0n) is 19.3. The van der Waals surface area contributed by atoms with E-state index in [1.807, 2.05) is 78.9 Å². The van der Waals surface area contributed by atoms with Crippen LogP contribution in [0, 0.1) is 0 Å². The van der Waals surface area contributed by atoms with Gasteiger partial charge < -0.3 is 4.74 Å². The number of benzene rings is 5. The topological polar surface area (TPSA) is 43.4 Å². The van der Waals surface area contributed by atoms with Crippen LogP contribution in [-0.4, -0.2) is 11.6 Å². The molecule has 0 saturated heterocycles. The lowest BCUT2D eigenvalue weighted by atomic mass is 9.98. The van der Waals surface area contributed by atoms with Gasteiger partial charge >= 0.3 is 0 Å². The Balaban J connectivity index is 1.34. The summed E-state index contributed by atoms with van der Waals surface area (Å²) in [6.45, 7) is 0. The molecule has 0 N–H and O–H groups in total. The first-order valence-electron chi connectivity index (χ1n) is 11.5. The summed E-state index contributed by atoms with van der Waals surface area (Å²) in [5.41, 5.74) is 4.72. The van der Waals surface area contributed by atoms with Gasteiger partial charge in [0.1, 0.15) is 11.5 Å². The second-order valence-corrected chi connectivity index (χ2v) is 8.69. The van der Waals surface area contributed by atoms with Crippen LogP contribution < -0.4 is 4.74 Å². The van der Waals surface area contributed by atoms with E-state index < -0.39 is 11.6 Å². The Morgan fingerprint density at radius 3 is 1.67 bits per heavy atom. The maximum absolute atomic E-state index is 12.6. The number of carbonyl (C=O) groups is 2. The van der Waals surface area contributed by atoms with E-state index in [4.69, 9.17) is 17.4 Å². The second kappa shape index (κ2) is 10.5. The maximum Gasteiger partial charge on any atom is 0.233 e. The molecule has 0 saturated carbocycles. The molecule has 174 valence electrons. The van der Waals surface area contributed by atoms with Crippen molar-refractivity contribution in [1.29, 1.82) is 0 Å². The summed E-state index contributed by atoms with van der Waals surface area (Å²) in [5.74, 6) is 0.284. The molecule has 4 heteroatoms. The van der Waals surface area contributed by atoms with E-state index in [1.54, 1.807) is 36.4 Å². The first-order chi connectivity index (χ1) is 17.6. The average Bonchev–Trinajstić information content (AvgIpc) is 2.95. The molecule has 0 radical (unpaired) electrons. The van der Waals surface area contributed by atoms with Crippen LogP contribution in [0.2, 0.25) is 0 Å². The third kappa shape index (κ3) is 4.99. The predicted octanol–water partition coefficient (Wildman–Crippen LogP) is 8.17. The van der Waals surface area contributed by atoms with Gasteiger partial charge in [0, 0.05) is 11.1 Å². The van der Waals surface area contributed by atoms with Crippen LogP contribution in [0.1, 0.15) is 20.7 Å². The lowest BCUT2D eigenvalue weighted by Crippen LogP contribution is -2.14. The van der Waals surface area contributed by atoms with Crippen molar-refractivity contribution in [1.82, 2.24) is 0 Å². The molecule has 0 aliphatic carbocycles. The number of hydrogen-bond donors (Lipinski definition) is 1. The van der Waals surface area contributed by atoms with E-state index in [1.165, 1.54) is 0 Å². The molecule has 3 nitrogen and oxygen atoms in total. The molecule has 0 heterocycles. The fourth-order valence-electron chi connectivity index (χ4n) is 3.96. The Hall–Kier alpha value is -4.41. The van der Waals surface area contributed by atoms with Crippen molar-refractivity contribution in [3.63, 3.8) is 0 Å². The van der Waals surface area contributed by atoms with Gasteiger partial charge in [-0.2, -0.15) is 0 Å². The molecule has 0 aromatic heterocycles. The van der Waals surface area contributed by atoms with Crippen molar-refractivity contribution in [2.24, 2.45) is 0 Å². The lowest BCUT2D eigenvalue weighted by molar-refractivity contribution is 0.0817. The molecule has 5 aromatic carbocycles. The van der Waals surface area contributed by atoms with Gasteiger partial charge in [-0.15, -0.1) is 12.6 Å². The van der Waals surface area contributed by atoms with Crippen LogP contribution >= 0.6 is 12.6 Å². The van der Waals surface area contributed by atoms with E-state index in [9.17, 15) is 9.59 Å². The standard InChI is InChI=1S/C32H22O3S/c33-30(25-10-5-2-6-11-25)31(34)26-16-14-24(15-17-26)28-12-7-13-29(32(28)36)35-27-20-18-23(19-21-27)22-8-3-1-4-9-22/h1-21,36H. The number of thiol groups is 1. The number of ketones is 2. The minimum atomic E-state index is -0.533. The molecule has 5 rings (SSSR count). The van der Waals surface area contributed by atoms with E-state index in [2.05, 4.69) is 12.1 Å². The van der Waals surface area contributed by atoms with Gasteiger partial charge in [-0.1, -0.05) is 109 Å². The quantitative estimate of drug-likeness (QED) is 0.143. The Kier molecular flexibility index (Phi) is 6.78. The maximum atomic E-state index is 12.6. The highest BCUT2D eigenvalue weighted by molar-refractivity contribution is 7.80. The largest absolute Gasteiger partial charge is 0.456 e. The molecule has 36 heavy (non-hydrogen) atoms.